The van der Waals surface area contributed by atoms with Crippen molar-refractivity contribution < 1.29 is 24.3 Å². The molecule has 2 aliphatic heterocycles. The Kier molecular flexibility index (Phi) is 7.82. The summed E-state index contributed by atoms with van der Waals surface area (Å²) < 4.78 is 0. The van der Waals surface area contributed by atoms with Gasteiger partial charge in [0.2, 0.25) is 23.6 Å². The number of nitrogens with zero attached hydrogens (tertiary/aromatic N) is 2. The van der Waals surface area contributed by atoms with Gasteiger partial charge in [-0.05, 0) is 96.6 Å². The number of carbonyl (C=O) groups is 4. The summed E-state index contributed by atoms with van der Waals surface area (Å²) in [5.74, 6) is -4.83. The van der Waals surface area contributed by atoms with Crippen LogP contribution in [0.4, 0.5) is 22.7 Å². The first kappa shape index (κ1) is 32.9. The molecule has 8 nitrogen and oxygen atoms in total. The molecule has 0 bridgehead atoms. The van der Waals surface area contributed by atoms with Crippen molar-refractivity contribution in [2.75, 3.05) is 15.1 Å². The summed E-state index contributed by atoms with van der Waals surface area (Å²) in [6, 6.07) is 39.8. The quantitative estimate of drug-likeness (QED) is 0.136. The van der Waals surface area contributed by atoms with Crippen LogP contribution < -0.4 is 15.1 Å². The molecule has 0 radical (unpaired) electrons. The number of anilines is 4. The molecule has 2 heterocycles. The fraction of sp³-hybridized carbons (Fsp3) is 0.182. The number of imide groups is 2. The topological polar surface area (TPSA) is 107 Å². The van der Waals surface area contributed by atoms with E-state index in [-0.39, 0.29) is 29.9 Å². The maximum absolute atomic E-state index is 15.3. The van der Waals surface area contributed by atoms with Gasteiger partial charge < -0.3 is 10.4 Å². The first-order chi connectivity index (χ1) is 25.8. The molecule has 4 amide bonds. The molecule has 2 aliphatic carbocycles. The molecule has 4 aliphatic rings. The second-order valence-corrected chi connectivity index (χ2v) is 14.7. The number of rotatable bonds is 6. The van der Waals surface area contributed by atoms with E-state index in [0.717, 1.165) is 16.9 Å². The van der Waals surface area contributed by atoms with Gasteiger partial charge in [-0.2, -0.15) is 0 Å². The van der Waals surface area contributed by atoms with Crippen molar-refractivity contribution in [2.45, 2.75) is 24.2 Å². The number of phenolic OH excluding ortho intramolecular Hbond substituents is 1. The van der Waals surface area contributed by atoms with Crippen molar-refractivity contribution in [3.8, 4) is 5.75 Å². The number of hydrogen-bond donors (Lipinski definition) is 2. The normalized spacial score (nSPS) is 26.2. The molecule has 5 aromatic rings. The van der Waals surface area contributed by atoms with E-state index < -0.39 is 40.9 Å². The number of benzene rings is 5. The highest BCUT2D eigenvalue weighted by Gasteiger charge is 2.70. The maximum Gasteiger partial charge on any atom is 0.246 e. The molecule has 53 heavy (non-hydrogen) atoms. The lowest BCUT2D eigenvalue weighted by atomic mass is 9.49. The van der Waals surface area contributed by atoms with Crippen LogP contribution >= 0.6 is 11.6 Å². The largest absolute Gasteiger partial charge is 0.508 e. The molecule has 5 aromatic carbocycles. The third-order valence-electron chi connectivity index (χ3n) is 11.6. The fourth-order valence-electron chi connectivity index (χ4n) is 9.46. The lowest BCUT2D eigenvalue weighted by Crippen LogP contribution is -2.53. The van der Waals surface area contributed by atoms with Crippen LogP contribution in [0.25, 0.3) is 0 Å². The van der Waals surface area contributed by atoms with Gasteiger partial charge in [0, 0.05) is 22.3 Å². The van der Waals surface area contributed by atoms with Crippen molar-refractivity contribution in [3.05, 3.63) is 161 Å². The van der Waals surface area contributed by atoms with E-state index in [9.17, 15) is 19.5 Å². The van der Waals surface area contributed by atoms with Crippen molar-refractivity contribution in [3.63, 3.8) is 0 Å². The molecule has 9 rings (SSSR count). The minimum absolute atomic E-state index is 0.0191. The van der Waals surface area contributed by atoms with E-state index in [4.69, 9.17) is 11.6 Å². The molecule has 6 unspecified atom stereocenters. The van der Waals surface area contributed by atoms with Crippen LogP contribution in [0.1, 0.15) is 29.9 Å². The highest BCUT2D eigenvalue weighted by molar-refractivity contribution is 6.32. The number of halogens is 1. The van der Waals surface area contributed by atoms with Crippen LogP contribution in [0, 0.1) is 23.7 Å². The second-order valence-electron chi connectivity index (χ2n) is 14.2. The van der Waals surface area contributed by atoms with Gasteiger partial charge in [0.1, 0.15) is 5.75 Å². The number of phenols is 1. The molecule has 2 N–H and O–H groups in total. The SMILES string of the molecule is O=C1C2CC=C3C(CC4C(=O)N(c5cccc(Cl)c5)C(=O)C4(c4ccccc4)C3c3cccc(O)c3)C2C(=O)N1c1ccc(Nc2ccccc2)cc1. The van der Waals surface area contributed by atoms with Crippen LogP contribution in [0.3, 0.4) is 0 Å². The highest BCUT2D eigenvalue weighted by Crippen LogP contribution is 2.64. The predicted octanol–water partition coefficient (Wildman–Crippen LogP) is 8.16. The van der Waals surface area contributed by atoms with Crippen LogP contribution in [-0.2, 0) is 24.6 Å². The number of para-hydroxylation sites is 1. The smallest absolute Gasteiger partial charge is 0.246 e. The summed E-state index contributed by atoms with van der Waals surface area (Å²) in [6.45, 7) is 0. The zero-order valence-electron chi connectivity index (χ0n) is 28.4. The van der Waals surface area contributed by atoms with Crippen LogP contribution in [0.15, 0.2) is 145 Å². The molecular weight excluding hydrogens is 686 g/mol. The van der Waals surface area contributed by atoms with Gasteiger partial charge >= 0.3 is 0 Å². The van der Waals surface area contributed by atoms with Gasteiger partial charge in [0.05, 0.1) is 34.5 Å². The number of amides is 4. The molecular formula is C44H34ClN3O5. The van der Waals surface area contributed by atoms with Crippen molar-refractivity contribution in [2.24, 2.45) is 23.7 Å². The Balaban J connectivity index is 1.16. The van der Waals surface area contributed by atoms with Gasteiger partial charge in [-0.15, -0.1) is 0 Å². The molecule has 262 valence electrons. The standard InChI is InChI=1S/C44H34ClN3O5/c45-28-12-8-15-32(24-28)48-41(51)37-25-36-34(39(26-9-7-16-33(49)23-26)44(37,43(48)53)27-10-3-1-4-11-27)21-22-35-38(36)42(52)47(40(35)50)31-19-17-30(18-20-31)46-29-13-5-2-6-14-29/h1-21,23-24,35-39,46,49H,22,25H2. The van der Waals surface area contributed by atoms with Crippen molar-refractivity contribution in [1.29, 1.82) is 0 Å². The summed E-state index contributed by atoms with van der Waals surface area (Å²) in [5, 5.41) is 14.5. The molecule has 3 fully saturated rings. The van der Waals surface area contributed by atoms with Crippen LogP contribution in [-0.4, -0.2) is 28.7 Å². The Morgan fingerprint density at radius 3 is 2.08 bits per heavy atom. The zero-order chi connectivity index (χ0) is 36.4. The Morgan fingerprint density at radius 1 is 0.660 bits per heavy atom. The van der Waals surface area contributed by atoms with Crippen molar-refractivity contribution in [1.82, 2.24) is 0 Å². The predicted molar refractivity (Wildman–Crippen MR) is 203 cm³/mol. The number of carbonyl (C=O) groups excluding carboxylic acids is 4. The lowest BCUT2D eigenvalue weighted by molar-refractivity contribution is -0.127. The Bertz CT molecular complexity index is 2330. The Hall–Kier alpha value is -5.99. The summed E-state index contributed by atoms with van der Waals surface area (Å²) >= 11 is 6.40. The minimum atomic E-state index is -1.41. The average molecular weight is 720 g/mol. The number of nitrogens with one attached hydrogen (secondary N) is 1. The van der Waals surface area contributed by atoms with Crippen LogP contribution in [0.5, 0.6) is 5.75 Å². The van der Waals surface area contributed by atoms with Gasteiger partial charge in [-0.3, -0.25) is 24.1 Å². The fourth-order valence-corrected chi connectivity index (χ4v) is 9.64. The lowest BCUT2D eigenvalue weighted by Gasteiger charge is -2.50. The van der Waals surface area contributed by atoms with Gasteiger partial charge in [-0.25, -0.2) is 4.90 Å². The molecule has 2 saturated heterocycles. The van der Waals surface area contributed by atoms with E-state index in [0.29, 0.717) is 33.9 Å². The third kappa shape index (κ3) is 5.04. The van der Waals surface area contributed by atoms with E-state index in [2.05, 4.69) is 5.32 Å². The first-order valence-electron chi connectivity index (χ1n) is 17.8. The van der Waals surface area contributed by atoms with E-state index in [1.807, 2.05) is 84.9 Å². The highest BCUT2D eigenvalue weighted by atomic mass is 35.5. The number of fused-ring (bicyclic) bond motifs is 4. The monoisotopic (exact) mass is 719 g/mol. The Morgan fingerprint density at radius 2 is 1.36 bits per heavy atom. The molecule has 1 saturated carbocycles. The maximum atomic E-state index is 15.3. The number of hydrogen-bond acceptors (Lipinski definition) is 6. The summed E-state index contributed by atoms with van der Waals surface area (Å²) in [5.41, 5.74) is 3.32. The van der Waals surface area contributed by atoms with Gasteiger partial charge in [0.15, 0.2) is 0 Å². The van der Waals surface area contributed by atoms with Gasteiger partial charge in [0.25, 0.3) is 0 Å². The zero-order valence-corrected chi connectivity index (χ0v) is 29.2. The Labute approximate surface area is 311 Å². The van der Waals surface area contributed by atoms with E-state index >= 15 is 4.79 Å². The summed E-state index contributed by atoms with van der Waals surface area (Å²) in [7, 11) is 0. The molecule has 0 aromatic heterocycles. The van der Waals surface area contributed by atoms with E-state index in [1.54, 1.807) is 54.6 Å². The number of allylic oxidation sites excluding steroid dienone is 2. The summed E-state index contributed by atoms with van der Waals surface area (Å²) in [6.07, 6.45) is 2.50. The molecule has 0 spiro atoms. The molecule has 6 atom stereocenters. The van der Waals surface area contributed by atoms with E-state index in [1.165, 1.54) is 9.80 Å². The molecule has 9 heteroatoms. The van der Waals surface area contributed by atoms with Gasteiger partial charge in [-0.1, -0.05) is 90.0 Å². The van der Waals surface area contributed by atoms with Crippen molar-refractivity contribution >= 4 is 58.0 Å². The minimum Gasteiger partial charge on any atom is -0.508 e. The third-order valence-corrected chi connectivity index (χ3v) is 11.8. The number of aromatic hydroxyl groups is 1. The summed E-state index contributed by atoms with van der Waals surface area (Å²) in [4.78, 5) is 61.5. The average Bonchev–Trinajstić information content (AvgIpc) is 3.56. The second kappa shape index (κ2) is 12.6. The van der Waals surface area contributed by atoms with Crippen LogP contribution in [0.2, 0.25) is 5.02 Å². The first-order valence-corrected chi connectivity index (χ1v) is 18.1.